The van der Waals surface area contributed by atoms with E-state index in [-0.39, 0.29) is 63.2 Å². The lowest BCUT2D eigenvalue weighted by molar-refractivity contribution is -0.396. The molecular weight excluding hydrogens is 872 g/mol. The molecule has 0 bridgehead atoms. The van der Waals surface area contributed by atoms with Gasteiger partial charge in [0.15, 0.2) is 11.5 Å². The molecule has 0 spiro atoms. The monoisotopic (exact) mass is 917 g/mol. The third-order valence-corrected chi connectivity index (χ3v) is 9.14. The predicted octanol–water partition coefficient (Wildman–Crippen LogP) is 15.0. The van der Waals surface area contributed by atoms with Crippen molar-refractivity contribution >= 4 is 11.9 Å². The predicted molar refractivity (Wildman–Crippen MR) is 189 cm³/mol. The Labute approximate surface area is 340 Å². The molecule has 0 N–H and O–H groups in total. The van der Waals surface area contributed by atoms with Crippen LogP contribution in [0.25, 0.3) is 0 Å². The smallest absolute Gasteiger partial charge is 0.460 e. The fourth-order valence-electron chi connectivity index (χ4n) is 5.43. The zero-order valence-electron chi connectivity index (χ0n) is 32.6. The Morgan fingerprint density at radius 1 is 0.443 bits per heavy atom. The van der Waals surface area contributed by atoms with Crippen molar-refractivity contribution in [1.29, 1.82) is 0 Å². The van der Waals surface area contributed by atoms with Gasteiger partial charge in [-0.25, -0.2) is 0 Å². The Balaban J connectivity index is 2.02. The van der Waals surface area contributed by atoms with Gasteiger partial charge in [0.05, 0.1) is 25.5 Å². The maximum Gasteiger partial charge on any atom is 0.460 e. The molecule has 0 aromatic heterocycles. The van der Waals surface area contributed by atoms with Crippen molar-refractivity contribution in [2.45, 2.75) is 145 Å². The highest BCUT2D eigenvalue weighted by Crippen LogP contribution is 2.55. The second kappa shape index (κ2) is 22.0. The van der Waals surface area contributed by atoms with Crippen LogP contribution >= 0.6 is 0 Å². The fraction of sp³-hybridized carbons (Fsp3) is 0.667. The molecule has 22 heteroatoms. The number of unbranched alkanes of at least 4 members (excludes halogenated alkanes) is 9. The molecule has 0 aliphatic carbocycles. The molecule has 350 valence electrons. The van der Waals surface area contributed by atoms with E-state index in [1.807, 2.05) is 0 Å². The van der Waals surface area contributed by atoms with Gasteiger partial charge in [-0.15, -0.1) is 0 Å². The number of rotatable bonds is 28. The normalized spacial score (nSPS) is 13.9. The van der Waals surface area contributed by atoms with Crippen LogP contribution in [0.3, 0.4) is 0 Å². The Morgan fingerprint density at radius 2 is 0.852 bits per heavy atom. The zero-order valence-corrected chi connectivity index (χ0v) is 32.6. The van der Waals surface area contributed by atoms with Crippen molar-refractivity contribution in [3.63, 3.8) is 0 Å². The van der Waals surface area contributed by atoms with Crippen molar-refractivity contribution in [2.24, 2.45) is 4.99 Å². The molecule has 0 aliphatic heterocycles. The maximum atomic E-state index is 13.8. The van der Waals surface area contributed by atoms with Crippen molar-refractivity contribution in [2.75, 3.05) is 19.8 Å². The van der Waals surface area contributed by atoms with E-state index >= 15 is 0 Å². The highest BCUT2D eigenvalue weighted by atomic mass is 19.4. The summed E-state index contributed by atoms with van der Waals surface area (Å²) in [6.07, 6.45) is -14.4. The third-order valence-electron chi connectivity index (χ3n) is 9.14. The molecule has 0 heterocycles. The summed E-state index contributed by atoms with van der Waals surface area (Å²) in [4.78, 5) is 4.37. The quantitative estimate of drug-likeness (QED) is 0.0485. The fourth-order valence-corrected chi connectivity index (χ4v) is 5.43. The number of nitrogens with zero attached hydrogens (tertiary/aromatic N) is 1. The van der Waals surface area contributed by atoms with Crippen LogP contribution in [0.2, 0.25) is 0 Å². The van der Waals surface area contributed by atoms with E-state index in [4.69, 9.17) is 14.2 Å². The molecule has 0 saturated carbocycles. The molecule has 2 aromatic rings. The molecular formula is C39H45F18NO3. The largest absolute Gasteiger partial charge is 0.494 e. The van der Waals surface area contributed by atoms with E-state index in [1.165, 1.54) is 24.4 Å². The lowest BCUT2D eigenvalue weighted by atomic mass is 9.98. The first-order chi connectivity index (χ1) is 28.1. The minimum atomic E-state index is -6.98. The van der Waals surface area contributed by atoms with Crippen LogP contribution in [0.5, 0.6) is 17.2 Å². The molecule has 0 amide bonds. The molecule has 0 unspecified atom stereocenters. The molecule has 0 saturated heterocycles. The number of halogens is 18. The van der Waals surface area contributed by atoms with Crippen molar-refractivity contribution < 1.29 is 93.2 Å². The van der Waals surface area contributed by atoms with Gasteiger partial charge in [0.2, 0.25) is 0 Å². The highest BCUT2D eigenvalue weighted by molar-refractivity contribution is 5.83. The molecule has 4 nitrogen and oxygen atoms in total. The first kappa shape index (κ1) is 53.4. The first-order valence-electron chi connectivity index (χ1n) is 19.1. The van der Waals surface area contributed by atoms with Crippen LogP contribution in [-0.4, -0.2) is 73.9 Å². The molecule has 0 aliphatic rings. The average Bonchev–Trinajstić information content (AvgIpc) is 3.16. The number of hydrogen-bond acceptors (Lipinski definition) is 4. The lowest BCUT2D eigenvalue weighted by Gasteiger charge is -2.33. The molecule has 0 atom stereocenters. The summed E-state index contributed by atoms with van der Waals surface area (Å²) >= 11 is 0. The van der Waals surface area contributed by atoms with Gasteiger partial charge in [-0.3, -0.25) is 4.99 Å². The summed E-state index contributed by atoms with van der Waals surface area (Å²) in [5, 5.41) is 0. The summed E-state index contributed by atoms with van der Waals surface area (Å²) in [5.41, 5.74) is 0.980. The number of aliphatic imine (C=N–C) groups is 1. The zero-order chi connectivity index (χ0) is 46.4. The van der Waals surface area contributed by atoms with Crippen LogP contribution in [0.15, 0.2) is 47.5 Å². The van der Waals surface area contributed by atoms with Gasteiger partial charge in [0, 0.05) is 19.1 Å². The van der Waals surface area contributed by atoms with Gasteiger partial charge in [0.25, 0.3) is 0 Å². The highest BCUT2D eigenvalue weighted by Gasteiger charge is 2.82. The Bertz CT molecular complexity index is 1630. The number of alkyl halides is 18. The second-order valence-electron chi connectivity index (χ2n) is 14.1. The third kappa shape index (κ3) is 14.4. The van der Waals surface area contributed by atoms with Gasteiger partial charge in [0.1, 0.15) is 5.75 Å². The first-order valence-corrected chi connectivity index (χ1v) is 19.1. The van der Waals surface area contributed by atoms with E-state index in [0.29, 0.717) is 23.6 Å². The molecule has 61 heavy (non-hydrogen) atoms. The van der Waals surface area contributed by atoms with Gasteiger partial charge >= 0.3 is 47.9 Å². The van der Waals surface area contributed by atoms with Gasteiger partial charge < -0.3 is 14.2 Å². The van der Waals surface area contributed by atoms with E-state index in [2.05, 4.69) is 11.9 Å². The second-order valence-corrected chi connectivity index (χ2v) is 14.1. The van der Waals surface area contributed by atoms with Crippen molar-refractivity contribution in [3.05, 3.63) is 48.0 Å². The minimum Gasteiger partial charge on any atom is -0.494 e. The average molecular weight is 918 g/mol. The summed E-state index contributed by atoms with van der Waals surface area (Å²) in [6, 6.07) is 11.2. The van der Waals surface area contributed by atoms with E-state index in [1.54, 1.807) is 24.3 Å². The van der Waals surface area contributed by atoms with Crippen LogP contribution in [0.1, 0.15) is 102 Å². The molecule has 2 aromatic carbocycles. The SMILES string of the molecule is CCCCCCOc1ccc(N=Cc2ccc(OCCCCCCC(F)(F)C(F)(F)C(F)(F)C(F)(F)F)c(OCCCCCCC(F)(F)C(F)(F)C(F)(F)C(F)(F)F)c2)cc1. The minimum absolute atomic E-state index is 0.0141. The summed E-state index contributed by atoms with van der Waals surface area (Å²) in [5.74, 6) is -38.0. The Kier molecular flexibility index (Phi) is 19.3. The van der Waals surface area contributed by atoms with Crippen molar-refractivity contribution in [1.82, 2.24) is 0 Å². The summed E-state index contributed by atoms with van der Waals surface area (Å²) in [7, 11) is 0. The molecule has 0 radical (unpaired) electrons. The van der Waals surface area contributed by atoms with E-state index in [0.717, 1.165) is 25.7 Å². The summed E-state index contributed by atoms with van der Waals surface area (Å²) < 4.78 is 253. The standard InChI is InChI=1S/C39H45F18NO3/c1-2-3-4-11-22-59-29-17-15-28(16-18-29)58-26-27-14-19-30(60-23-12-7-5-9-20-32(40,41)34(44,45)36(48,49)38(52,53)54)31(25-27)61-24-13-8-6-10-21-33(42,43)35(46,47)37(50,51)39(55,56)57/h14-19,25-26H,2-13,20-24H2,1H3. The van der Waals surface area contributed by atoms with Crippen LogP contribution < -0.4 is 14.2 Å². The van der Waals surface area contributed by atoms with Crippen LogP contribution in [0, 0.1) is 0 Å². The van der Waals surface area contributed by atoms with Gasteiger partial charge in [-0.2, -0.15) is 79.0 Å². The Morgan fingerprint density at radius 3 is 1.30 bits per heavy atom. The molecule has 2 rings (SSSR count). The molecule has 0 fully saturated rings. The van der Waals surface area contributed by atoms with E-state index in [9.17, 15) is 79.0 Å². The topological polar surface area (TPSA) is 40.0 Å². The van der Waals surface area contributed by atoms with Crippen LogP contribution in [-0.2, 0) is 0 Å². The number of benzene rings is 2. The number of ether oxygens (including phenoxy) is 3. The Hall–Kier alpha value is -3.75. The summed E-state index contributed by atoms with van der Waals surface area (Å²) in [6.45, 7) is 2.28. The van der Waals surface area contributed by atoms with Crippen LogP contribution in [0.4, 0.5) is 84.7 Å². The van der Waals surface area contributed by atoms with E-state index < -0.39 is 73.6 Å². The lowest BCUT2D eigenvalue weighted by Crippen LogP contribution is -2.60. The van der Waals surface area contributed by atoms with Gasteiger partial charge in [-0.1, -0.05) is 51.9 Å². The van der Waals surface area contributed by atoms with Crippen molar-refractivity contribution in [3.8, 4) is 17.2 Å². The maximum absolute atomic E-state index is 13.8. The number of hydrogen-bond donors (Lipinski definition) is 0. The van der Waals surface area contributed by atoms with Gasteiger partial charge in [-0.05, 0) is 80.1 Å².